The van der Waals surface area contributed by atoms with Crippen LogP contribution in [-0.4, -0.2) is 26.4 Å². The fraction of sp³-hybridized carbons (Fsp3) is 0.375. The SMILES string of the molecule is COc1ccc([C@@H](C)CC(=O)NS(=O)(=O)c2sc(C)nc2C)cc1. The Hall–Kier alpha value is -1.93. The number of hydrogen-bond donors (Lipinski definition) is 1. The number of aromatic nitrogens is 1. The van der Waals surface area contributed by atoms with Gasteiger partial charge < -0.3 is 4.74 Å². The van der Waals surface area contributed by atoms with E-state index in [1.807, 2.05) is 31.2 Å². The maximum absolute atomic E-state index is 12.3. The second-order valence-corrected chi connectivity index (χ2v) is 8.59. The maximum atomic E-state index is 12.3. The molecule has 0 aliphatic carbocycles. The lowest BCUT2D eigenvalue weighted by Gasteiger charge is -2.12. The minimum Gasteiger partial charge on any atom is -0.497 e. The van der Waals surface area contributed by atoms with Crippen molar-refractivity contribution in [1.29, 1.82) is 0 Å². The summed E-state index contributed by atoms with van der Waals surface area (Å²) < 4.78 is 31.9. The van der Waals surface area contributed by atoms with Crippen LogP contribution in [0, 0.1) is 13.8 Å². The second-order valence-electron chi connectivity index (χ2n) is 5.51. The van der Waals surface area contributed by atoms with E-state index in [1.54, 1.807) is 21.0 Å². The standard InChI is InChI=1S/C16H20N2O4S2/c1-10(13-5-7-14(22-4)8-6-13)9-15(19)18-24(20,21)16-11(2)17-12(3)23-16/h5-8,10H,9H2,1-4H3,(H,18,19)/t10-/m0/s1. The van der Waals surface area contributed by atoms with E-state index in [4.69, 9.17) is 4.74 Å². The van der Waals surface area contributed by atoms with Crippen LogP contribution in [0.25, 0.3) is 0 Å². The van der Waals surface area contributed by atoms with E-state index in [9.17, 15) is 13.2 Å². The molecule has 0 spiro atoms. The molecule has 2 aromatic rings. The molecule has 0 unspecified atom stereocenters. The third-order valence-corrected chi connectivity index (χ3v) is 6.59. The number of benzene rings is 1. The Bertz CT molecular complexity index is 826. The van der Waals surface area contributed by atoms with Crippen molar-refractivity contribution in [3.8, 4) is 5.75 Å². The molecule has 1 heterocycles. The van der Waals surface area contributed by atoms with Gasteiger partial charge in [0.2, 0.25) is 5.91 Å². The highest BCUT2D eigenvalue weighted by atomic mass is 32.2. The van der Waals surface area contributed by atoms with E-state index < -0.39 is 15.9 Å². The molecule has 0 bridgehead atoms. The molecule has 2 rings (SSSR count). The molecule has 1 aromatic heterocycles. The number of amides is 1. The van der Waals surface area contributed by atoms with Gasteiger partial charge in [-0.3, -0.25) is 4.79 Å². The average Bonchev–Trinajstić information content (AvgIpc) is 2.86. The van der Waals surface area contributed by atoms with Gasteiger partial charge in [-0.25, -0.2) is 18.1 Å². The Morgan fingerprint density at radius 1 is 1.29 bits per heavy atom. The molecule has 0 saturated carbocycles. The van der Waals surface area contributed by atoms with Gasteiger partial charge in [0.05, 0.1) is 17.8 Å². The number of ether oxygens (including phenoxy) is 1. The molecule has 0 aliphatic heterocycles. The zero-order valence-electron chi connectivity index (χ0n) is 14.0. The minimum absolute atomic E-state index is 0.0718. The van der Waals surface area contributed by atoms with Crippen molar-refractivity contribution in [2.24, 2.45) is 0 Å². The summed E-state index contributed by atoms with van der Waals surface area (Å²) in [7, 11) is -2.29. The normalized spacial score (nSPS) is 12.7. The molecule has 1 aromatic carbocycles. The molecule has 1 atom stereocenters. The number of aryl methyl sites for hydroxylation is 2. The van der Waals surface area contributed by atoms with Crippen LogP contribution in [-0.2, 0) is 14.8 Å². The Morgan fingerprint density at radius 3 is 2.42 bits per heavy atom. The van der Waals surface area contributed by atoms with E-state index in [-0.39, 0.29) is 16.5 Å². The smallest absolute Gasteiger partial charge is 0.275 e. The number of thiazole rings is 1. The number of sulfonamides is 1. The second kappa shape index (κ2) is 7.31. The Labute approximate surface area is 145 Å². The van der Waals surface area contributed by atoms with Crippen molar-refractivity contribution >= 4 is 27.3 Å². The number of hydrogen-bond acceptors (Lipinski definition) is 6. The zero-order valence-corrected chi connectivity index (χ0v) is 15.6. The molecular formula is C16H20N2O4S2. The molecular weight excluding hydrogens is 348 g/mol. The summed E-state index contributed by atoms with van der Waals surface area (Å²) in [5.74, 6) is 0.0770. The summed E-state index contributed by atoms with van der Waals surface area (Å²) >= 11 is 1.05. The first kappa shape index (κ1) is 18.4. The first-order valence-corrected chi connectivity index (χ1v) is 9.66. The monoisotopic (exact) mass is 368 g/mol. The van der Waals surface area contributed by atoms with Crippen LogP contribution in [0.1, 0.15) is 35.5 Å². The van der Waals surface area contributed by atoms with Crippen LogP contribution in [0.2, 0.25) is 0 Å². The van der Waals surface area contributed by atoms with Crippen LogP contribution in [0.4, 0.5) is 0 Å². The Balaban J connectivity index is 2.05. The third-order valence-electron chi connectivity index (χ3n) is 3.53. The quantitative estimate of drug-likeness (QED) is 0.847. The fourth-order valence-electron chi connectivity index (χ4n) is 2.33. The number of carbonyl (C=O) groups is 1. The molecule has 0 radical (unpaired) electrons. The molecule has 6 nitrogen and oxygen atoms in total. The van der Waals surface area contributed by atoms with Crippen LogP contribution in [0.3, 0.4) is 0 Å². The number of methoxy groups -OCH3 is 1. The maximum Gasteiger partial charge on any atom is 0.275 e. The molecule has 24 heavy (non-hydrogen) atoms. The lowest BCUT2D eigenvalue weighted by atomic mass is 9.97. The number of nitrogens with zero attached hydrogens (tertiary/aromatic N) is 1. The van der Waals surface area contributed by atoms with Crippen molar-refractivity contribution in [1.82, 2.24) is 9.71 Å². The van der Waals surface area contributed by atoms with Crippen LogP contribution < -0.4 is 9.46 Å². The van der Waals surface area contributed by atoms with Gasteiger partial charge in [0.25, 0.3) is 10.0 Å². The van der Waals surface area contributed by atoms with Gasteiger partial charge in [-0.2, -0.15) is 0 Å². The lowest BCUT2D eigenvalue weighted by molar-refractivity contribution is -0.119. The van der Waals surface area contributed by atoms with E-state index in [0.717, 1.165) is 22.6 Å². The fourth-order valence-corrected chi connectivity index (χ4v) is 4.81. The van der Waals surface area contributed by atoms with E-state index in [2.05, 4.69) is 9.71 Å². The van der Waals surface area contributed by atoms with Crippen LogP contribution in [0.5, 0.6) is 5.75 Å². The topological polar surface area (TPSA) is 85.4 Å². The number of rotatable bonds is 6. The summed E-state index contributed by atoms with van der Waals surface area (Å²) in [4.78, 5) is 16.2. The molecule has 0 saturated heterocycles. The highest BCUT2D eigenvalue weighted by molar-refractivity contribution is 7.92. The molecule has 130 valence electrons. The minimum atomic E-state index is -3.87. The van der Waals surface area contributed by atoms with Crippen molar-refractivity contribution in [3.63, 3.8) is 0 Å². The molecule has 0 aliphatic rings. The van der Waals surface area contributed by atoms with E-state index in [1.165, 1.54) is 0 Å². The van der Waals surface area contributed by atoms with Gasteiger partial charge in [0, 0.05) is 6.42 Å². The average molecular weight is 368 g/mol. The van der Waals surface area contributed by atoms with Gasteiger partial charge >= 0.3 is 0 Å². The van der Waals surface area contributed by atoms with Crippen molar-refractivity contribution in [2.45, 2.75) is 37.3 Å². The molecule has 8 heteroatoms. The van der Waals surface area contributed by atoms with Gasteiger partial charge in [0.1, 0.15) is 5.75 Å². The van der Waals surface area contributed by atoms with Gasteiger partial charge in [-0.1, -0.05) is 19.1 Å². The van der Waals surface area contributed by atoms with E-state index in [0.29, 0.717) is 10.7 Å². The van der Waals surface area contributed by atoms with Gasteiger partial charge in [-0.05, 0) is 37.5 Å². The third kappa shape index (κ3) is 4.33. The summed E-state index contributed by atoms with van der Waals surface area (Å²) in [6.45, 7) is 5.21. The van der Waals surface area contributed by atoms with Crippen LogP contribution >= 0.6 is 11.3 Å². The first-order chi connectivity index (χ1) is 11.2. The lowest BCUT2D eigenvalue weighted by Crippen LogP contribution is -2.31. The number of nitrogens with one attached hydrogen (secondary N) is 1. The summed E-state index contributed by atoms with van der Waals surface area (Å²) in [5.41, 5.74) is 1.34. The molecule has 1 N–H and O–H groups in total. The zero-order chi connectivity index (χ0) is 17.9. The first-order valence-electron chi connectivity index (χ1n) is 7.36. The van der Waals surface area contributed by atoms with Crippen molar-refractivity contribution in [2.75, 3.05) is 7.11 Å². The van der Waals surface area contributed by atoms with Crippen molar-refractivity contribution in [3.05, 3.63) is 40.5 Å². The highest BCUT2D eigenvalue weighted by Gasteiger charge is 2.24. The van der Waals surface area contributed by atoms with Gasteiger partial charge in [0.15, 0.2) is 4.21 Å². The number of carbonyl (C=O) groups excluding carboxylic acids is 1. The Kier molecular flexibility index (Phi) is 5.61. The Morgan fingerprint density at radius 2 is 1.92 bits per heavy atom. The van der Waals surface area contributed by atoms with E-state index >= 15 is 0 Å². The predicted molar refractivity (Wildman–Crippen MR) is 92.9 cm³/mol. The highest BCUT2D eigenvalue weighted by Crippen LogP contribution is 2.24. The summed E-state index contributed by atoms with van der Waals surface area (Å²) in [6, 6.07) is 7.35. The molecule has 0 fully saturated rings. The van der Waals surface area contributed by atoms with Crippen molar-refractivity contribution < 1.29 is 17.9 Å². The van der Waals surface area contributed by atoms with Crippen LogP contribution in [0.15, 0.2) is 28.5 Å². The largest absolute Gasteiger partial charge is 0.497 e. The van der Waals surface area contributed by atoms with Gasteiger partial charge in [-0.15, -0.1) is 11.3 Å². The predicted octanol–water partition coefficient (Wildman–Crippen LogP) is 2.77. The molecule has 1 amide bonds. The summed E-state index contributed by atoms with van der Waals surface area (Å²) in [5, 5.41) is 0.645. The summed E-state index contributed by atoms with van der Waals surface area (Å²) in [6.07, 6.45) is 0.0718.